The van der Waals surface area contributed by atoms with Gasteiger partial charge in [0.15, 0.2) is 5.78 Å². The van der Waals surface area contributed by atoms with E-state index < -0.39 is 17.2 Å². The smallest absolute Gasteiger partial charge is 0.260 e. The van der Waals surface area contributed by atoms with Gasteiger partial charge in [-0.3, -0.25) is 19.6 Å². The molecule has 150 valence electrons. The highest BCUT2D eigenvalue weighted by atomic mass is 35.5. The Balaban J connectivity index is 1.96. The van der Waals surface area contributed by atoms with E-state index in [0.717, 1.165) is 6.20 Å². The summed E-state index contributed by atoms with van der Waals surface area (Å²) in [4.78, 5) is 36.4. The topological polar surface area (TPSA) is 99.5 Å². The zero-order valence-electron chi connectivity index (χ0n) is 15.8. The van der Waals surface area contributed by atoms with Crippen molar-refractivity contribution in [3.63, 3.8) is 0 Å². The van der Waals surface area contributed by atoms with Gasteiger partial charge in [0.25, 0.3) is 5.56 Å². The second-order valence-electron chi connectivity index (χ2n) is 6.60. The maximum atomic E-state index is 13.4. The van der Waals surface area contributed by atoms with Gasteiger partial charge in [-0.25, -0.2) is 4.39 Å². The van der Waals surface area contributed by atoms with Gasteiger partial charge in [0.1, 0.15) is 11.9 Å². The zero-order valence-corrected chi connectivity index (χ0v) is 16.5. The van der Waals surface area contributed by atoms with E-state index in [1.54, 1.807) is 24.3 Å². The Bertz CT molecular complexity index is 1470. The number of hydrogen-bond acceptors (Lipinski definition) is 5. The van der Waals surface area contributed by atoms with Crippen LogP contribution in [0.25, 0.3) is 28.1 Å². The van der Waals surface area contributed by atoms with E-state index in [-0.39, 0.29) is 11.1 Å². The van der Waals surface area contributed by atoms with Crippen LogP contribution in [0.4, 0.5) is 4.39 Å². The minimum atomic E-state index is -0.612. The minimum absolute atomic E-state index is 0.146. The van der Waals surface area contributed by atoms with E-state index in [9.17, 15) is 19.2 Å². The Morgan fingerprint density at radius 3 is 2.71 bits per heavy atom. The highest BCUT2D eigenvalue weighted by Crippen LogP contribution is 2.31. The number of carbonyl (C=O) groups is 1. The highest BCUT2D eigenvalue weighted by molar-refractivity contribution is 6.31. The van der Waals surface area contributed by atoms with Crippen LogP contribution in [0.2, 0.25) is 5.02 Å². The van der Waals surface area contributed by atoms with E-state index in [1.165, 1.54) is 36.8 Å². The molecule has 3 aromatic heterocycles. The number of pyridine rings is 3. The predicted octanol–water partition coefficient (Wildman–Crippen LogP) is 4.55. The van der Waals surface area contributed by atoms with Crippen molar-refractivity contribution in [1.29, 1.82) is 5.26 Å². The summed E-state index contributed by atoms with van der Waals surface area (Å²) < 4.78 is 13.4. The largest absolute Gasteiger partial charge is 0.321 e. The molecule has 3 heterocycles. The van der Waals surface area contributed by atoms with E-state index >= 15 is 0 Å². The van der Waals surface area contributed by atoms with Crippen molar-refractivity contribution in [2.24, 2.45) is 0 Å². The van der Waals surface area contributed by atoms with Crippen LogP contribution in [0.3, 0.4) is 0 Å². The number of nitrogens with zero attached hydrogens (tertiary/aromatic N) is 3. The number of nitriles is 1. The van der Waals surface area contributed by atoms with Crippen molar-refractivity contribution < 1.29 is 9.18 Å². The lowest BCUT2D eigenvalue weighted by molar-refractivity contribution is 0.104. The van der Waals surface area contributed by atoms with E-state index in [4.69, 9.17) is 11.6 Å². The molecule has 0 aliphatic rings. The molecule has 0 unspecified atom stereocenters. The van der Waals surface area contributed by atoms with Crippen LogP contribution in [-0.4, -0.2) is 20.7 Å². The molecular formula is C23H12ClFN4O2. The number of rotatable bonds is 4. The number of fused-ring (bicyclic) bond motifs is 1. The summed E-state index contributed by atoms with van der Waals surface area (Å²) >= 11 is 6.16. The Morgan fingerprint density at radius 2 is 1.94 bits per heavy atom. The molecule has 0 fully saturated rings. The molecule has 0 atom stereocenters. The lowest BCUT2D eigenvalue weighted by atomic mass is 9.94. The normalized spacial score (nSPS) is 11.0. The quantitative estimate of drug-likeness (QED) is 0.378. The third kappa shape index (κ3) is 4.10. The Hall–Kier alpha value is -4.15. The standard InChI is InChI=1S/C23H12ClFN4O2/c24-16-2-3-19-18(7-16)21(15-5-14(8-26)10-27-11-15)22(23(31)29-19)20(30)4-1-13-6-17(25)12-28-9-13/h1-7,9-12H,(H,29,31)/b4-1+. The first-order chi connectivity index (χ1) is 15.0. The summed E-state index contributed by atoms with van der Waals surface area (Å²) in [5, 5.41) is 10.2. The SMILES string of the molecule is N#Cc1cncc(-c2c(C(=O)/C=C/c3cncc(F)c3)c(=O)[nH]c3ccc(Cl)cc23)c1. The second kappa shape index (κ2) is 8.30. The summed E-state index contributed by atoms with van der Waals surface area (Å²) in [5.41, 5.74) is 1.07. The van der Waals surface area contributed by atoms with Crippen LogP contribution >= 0.6 is 11.6 Å². The number of benzene rings is 1. The number of aromatic nitrogens is 3. The molecule has 0 saturated carbocycles. The monoisotopic (exact) mass is 430 g/mol. The maximum Gasteiger partial charge on any atom is 0.260 e. The third-order valence-corrected chi connectivity index (χ3v) is 4.77. The predicted molar refractivity (Wildman–Crippen MR) is 115 cm³/mol. The van der Waals surface area contributed by atoms with Gasteiger partial charge in [0.05, 0.1) is 17.3 Å². The van der Waals surface area contributed by atoms with Crippen molar-refractivity contribution in [1.82, 2.24) is 15.0 Å². The lowest BCUT2D eigenvalue weighted by Crippen LogP contribution is -2.18. The van der Waals surface area contributed by atoms with Gasteiger partial charge in [-0.15, -0.1) is 0 Å². The molecule has 0 spiro atoms. The van der Waals surface area contributed by atoms with Gasteiger partial charge in [-0.2, -0.15) is 5.26 Å². The molecule has 8 heteroatoms. The molecule has 0 aliphatic carbocycles. The molecule has 0 radical (unpaired) electrons. The average molecular weight is 431 g/mol. The van der Waals surface area contributed by atoms with E-state index in [0.29, 0.717) is 32.6 Å². The van der Waals surface area contributed by atoms with Crippen LogP contribution in [-0.2, 0) is 0 Å². The van der Waals surface area contributed by atoms with Gasteiger partial charge >= 0.3 is 0 Å². The Kier molecular flexibility index (Phi) is 5.39. The highest BCUT2D eigenvalue weighted by Gasteiger charge is 2.20. The number of H-pyrrole nitrogens is 1. The van der Waals surface area contributed by atoms with E-state index in [1.807, 2.05) is 6.07 Å². The number of halogens is 2. The van der Waals surface area contributed by atoms with Crippen LogP contribution < -0.4 is 5.56 Å². The van der Waals surface area contributed by atoms with Gasteiger partial charge < -0.3 is 4.98 Å². The fourth-order valence-electron chi connectivity index (χ4n) is 3.21. The molecule has 0 bridgehead atoms. The summed E-state index contributed by atoms with van der Waals surface area (Å²) in [5.74, 6) is -1.15. The first-order valence-corrected chi connectivity index (χ1v) is 9.38. The molecule has 0 saturated heterocycles. The van der Waals surface area contributed by atoms with E-state index in [2.05, 4.69) is 15.0 Å². The van der Waals surface area contributed by atoms with Crippen molar-refractivity contribution in [3.05, 3.63) is 99.1 Å². The van der Waals surface area contributed by atoms with Crippen molar-refractivity contribution in [3.8, 4) is 17.2 Å². The number of nitrogens with one attached hydrogen (secondary N) is 1. The molecule has 1 N–H and O–H groups in total. The zero-order chi connectivity index (χ0) is 22.0. The van der Waals surface area contributed by atoms with Crippen LogP contribution in [0.1, 0.15) is 21.5 Å². The Morgan fingerprint density at radius 1 is 1.13 bits per heavy atom. The molecular weight excluding hydrogens is 419 g/mol. The molecule has 0 amide bonds. The average Bonchev–Trinajstić information content (AvgIpc) is 2.77. The number of aromatic amines is 1. The summed E-state index contributed by atoms with van der Waals surface area (Å²) in [6.07, 6.45) is 7.82. The van der Waals surface area contributed by atoms with Gasteiger partial charge in [-0.1, -0.05) is 11.6 Å². The summed E-state index contributed by atoms with van der Waals surface area (Å²) in [7, 11) is 0. The molecule has 0 aliphatic heterocycles. The van der Waals surface area contributed by atoms with Crippen LogP contribution in [0.5, 0.6) is 0 Å². The fourth-order valence-corrected chi connectivity index (χ4v) is 3.38. The van der Waals surface area contributed by atoms with Gasteiger partial charge in [-0.05, 0) is 48.0 Å². The summed E-state index contributed by atoms with van der Waals surface area (Å²) in [6, 6.07) is 9.62. The van der Waals surface area contributed by atoms with Gasteiger partial charge in [0, 0.05) is 45.6 Å². The molecule has 4 aromatic rings. The number of hydrogen-bond donors (Lipinski definition) is 1. The minimum Gasteiger partial charge on any atom is -0.321 e. The molecule has 31 heavy (non-hydrogen) atoms. The molecule has 4 rings (SSSR count). The number of carbonyl (C=O) groups excluding carboxylic acids is 1. The fraction of sp³-hybridized carbons (Fsp3) is 0. The first kappa shape index (κ1) is 20.1. The number of ketones is 1. The number of allylic oxidation sites excluding steroid dienone is 1. The third-order valence-electron chi connectivity index (χ3n) is 4.53. The van der Waals surface area contributed by atoms with Crippen molar-refractivity contribution in [2.75, 3.05) is 0 Å². The van der Waals surface area contributed by atoms with Crippen LogP contribution in [0, 0.1) is 17.1 Å². The van der Waals surface area contributed by atoms with Gasteiger partial charge in [0.2, 0.25) is 0 Å². The second-order valence-corrected chi connectivity index (χ2v) is 7.04. The van der Waals surface area contributed by atoms with Crippen LogP contribution in [0.15, 0.2) is 66.0 Å². The molecule has 6 nitrogen and oxygen atoms in total. The molecule has 1 aromatic carbocycles. The lowest BCUT2D eigenvalue weighted by Gasteiger charge is -2.11. The van der Waals surface area contributed by atoms with Crippen molar-refractivity contribution >= 4 is 34.4 Å². The van der Waals surface area contributed by atoms with Crippen molar-refractivity contribution in [2.45, 2.75) is 0 Å². The summed E-state index contributed by atoms with van der Waals surface area (Å²) in [6.45, 7) is 0. The first-order valence-electron chi connectivity index (χ1n) is 9.00. The Labute approximate surface area is 180 Å². The maximum absolute atomic E-state index is 13.4.